The van der Waals surface area contributed by atoms with E-state index in [0.29, 0.717) is 16.9 Å². The third kappa shape index (κ3) is 2.26. The Kier molecular flexibility index (Phi) is 3.50. The molecule has 2 fully saturated rings. The lowest BCUT2D eigenvalue weighted by atomic mass is 9.81. The first-order valence-corrected chi connectivity index (χ1v) is 8.24. The van der Waals surface area contributed by atoms with Crippen molar-refractivity contribution < 1.29 is 9.53 Å². The van der Waals surface area contributed by atoms with Crippen LogP contribution in [0, 0.1) is 17.8 Å². The zero-order valence-corrected chi connectivity index (χ0v) is 12.4. The molecule has 0 aromatic heterocycles. The fourth-order valence-corrected chi connectivity index (χ4v) is 5.81. The molecule has 0 aliphatic heterocycles. The third-order valence-electron chi connectivity index (χ3n) is 5.03. The van der Waals surface area contributed by atoms with Gasteiger partial charge in [0.2, 0.25) is 0 Å². The molecule has 19 heavy (non-hydrogen) atoms. The Morgan fingerprint density at radius 2 is 2.42 bits per heavy atom. The van der Waals surface area contributed by atoms with Crippen molar-refractivity contribution in [3.8, 4) is 0 Å². The number of hydrogen-bond donors (Lipinski definition) is 0. The summed E-state index contributed by atoms with van der Waals surface area (Å²) >= 11 is 2.05. The Morgan fingerprint density at radius 3 is 3.21 bits per heavy atom. The standard InChI is InChI=1S/C16H22O2S/c1-11(2)15(17)18-8-9-19-16-7-6-12(10-16)13-4-3-5-14(13)16/h3,5,12-14H,1,4,6-10H2,2H3. The normalized spacial score (nSPS) is 38.5. The van der Waals surface area contributed by atoms with Crippen molar-refractivity contribution in [2.24, 2.45) is 17.8 Å². The summed E-state index contributed by atoms with van der Waals surface area (Å²) < 4.78 is 5.66. The molecule has 0 radical (unpaired) electrons. The highest BCUT2D eigenvalue weighted by Gasteiger charge is 2.57. The molecule has 3 aliphatic rings. The van der Waals surface area contributed by atoms with E-state index in [1.165, 1.54) is 25.7 Å². The second-order valence-electron chi connectivity index (χ2n) is 6.19. The fourth-order valence-electron chi connectivity index (χ4n) is 4.20. The second-order valence-corrected chi connectivity index (χ2v) is 7.70. The van der Waals surface area contributed by atoms with Crippen molar-refractivity contribution >= 4 is 17.7 Å². The Hall–Kier alpha value is -0.700. The lowest BCUT2D eigenvalue weighted by Crippen LogP contribution is -2.31. The summed E-state index contributed by atoms with van der Waals surface area (Å²) in [6, 6.07) is 0. The molecule has 4 unspecified atom stereocenters. The smallest absolute Gasteiger partial charge is 0.333 e. The van der Waals surface area contributed by atoms with Crippen LogP contribution in [0.2, 0.25) is 0 Å². The minimum Gasteiger partial charge on any atom is -0.461 e. The molecule has 0 spiro atoms. The molecule has 2 bridgehead atoms. The van der Waals surface area contributed by atoms with Crippen molar-refractivity contribution in [1.29, 1.82) is 0 Å². The molecule has 4 atom stereocenters. The molecule has 0 aromatic carbocycles. The summed E-state index contributed by atoms with van der Waals surface area (Å²) in [5, 5.41) is 0. The molecular formula is C16H22O2S. The van der Waals surface area contributed by atoms with Crippen LogP contribution in [0.1, 0.15) is 32.6 Å². The molecule has 3 rings (SSSR count). The largest absolute Gasteiger partial charge is 0.461 e. The van der Waals surface area contributed by atoms with Crippen LogP contribution in [-0.2, 0) is 9.53 Å². The van der Waals surface area contributed by atoms with E-state index in [0.717, 1.165) is 23.5 Å². The molecule has 3 aliphatic carbocycles. The molecule has 0 N–H and O–H groups in total. The Bertz CT molecular complexity index is 428. The topological polar surface area (TPSA) is 26.3 Å². The van der Waals surface area contributed by atoms with Gasteiger partial charge in [0.05, 0.1) is 0 Å². The molecule has 3 heteroatoms. The minimum atomic E-state index is -0.257. The van der Waals surface area contributed by atoms with Gasteiger partial charge in [-0.1, -0.05) is 18.7 Å². The van der Waals surface area contributed by atoms with Crippen LogP contribution in [0.25, 0.3) is 0 Å². The number of esters is 1. The van der Waals surface area contributed by atoms with Gasteiger partial charge in [0.25, 0.3) is 0 Å². The zero-order valence-electron chi connectivity index (χ0n) is 11.6. The van der Waals surface area contributed by atoms with Gasteiger partial charge in [-0.2, -0.15) is 11.8 Å². The maximum absolute atomic E-state index is 11.3. The van der Waals surface area contributed by atoms with E-state index < -0.39 is 0 Å². The lowest BCUT2D eigenvalue weighted by molar-refractivity contribution is -0.138. The van der Waals surface area contributed by atoms with Crippen molar-refractivity contribution in [3.63, 3.8) is 0 Å². The quantitative estimate of drug-likeness (QED) is 0.333. The molecule has 104 valence electrons. The highest BCUT2D eigenvalue weighted by Crippen LogP contribution is 2.64. The van der Waals surface area contributed by atoms with Crippen molar-refractivity contribution in [3.05, 3.63) is 24.3 Å². The van der Waals surface area contributed by atoms with Gasteiger partial charge in [-0.05, 0) is 50.4 Å². The van der Waals surface area contributed by atoms with E-state index in [1.54, 1.807) is 6.92 Å². The third-order valence-corrected chi connectivity index (χ3v) is 6.62. The molecule has 0 saturated heterocycles. The van der Waals surface area contributed by atoms with Gasteiger partial charge in [0.15, 0.2) is 0 Å². The summed E-state index contributed by atoms with van der Waals surface area (Å²) in [5.41, 5.74) is 0.490. The minimum absolute atomic E-state index is 0.257. The first-order valence-electron chi connectivity index (χ1n) is 7.26. The SMILES string of the molecule is C=C(C)C(=O)OCCSC12CCC(C1)C1CC=CC12. The summed E-state index contributed by atoms with van der Waals surface area (Å²) in [7, 11) is 0. The summed E-state index contributed by atoms with van der Waals surface area (Å²) in [6.07, 6.45) is 10.3. The van der Waals surface area contributed by atoms with Gasteiger partial charge in [0.1, 0.15) is 6.61 Å². The van der Waals surface area contributed by atoms with Crippen LogP contribution in [0.15, 0.2) is 24.3 Å². The molecular weight excluding hydrogens is 256 g/mol. The van der Waals surface area contributed by atoms with E-state index >= 15 is 0 Å². The van der Waals surface area contributed by atoms with Crippen molar-refractivity contribution in [1.82, 2.24) is 0 Å². The maximum atomic E-state index is 11.3. The van der Waals surface area contributed by atoms with Crippen molar-refractivity contribution in [2.75, 3.05) is 12.4 Å². The second kappa shape index (κ2) is 5.01. The number of carbonyl (C=O) groups is 1. The highest BCUT2D eigenvalue weighted by atomic mass is 32.2. The summed E-state index contributed by atoms with van der Waals surface area (Å²) in [4.78, 5) is 11.3. The molecule has 0 aromatic rings. The van der Waals surface area contributed by atoms with Crippen molar-refractivity contribution in [2.45, 2.75) is 37.4 Å². The maximum Gasteiger partial charge on any atom is 0.333 e. The average molecular weight is 278 g/mol. The predicted molar refractivity (Wildman–Crippen MR) is 79.0 cm³/mol. The first-order chi connectivity index (χ1) is 9.12. The molecule has 0 amide bonds. The number of fused-ring (bicyclic) bond motifs is 5. The average Bonchev–Trinajstić information content (AvgIpc) is 3.05. The molecule has 2 saturated carbocycles. The molecule has 0 heterocycles. The van der Waals surface area contributed by atoms with Crippen LogP contribution < -0.4 is 0 Å². The number of thioether (sulfide) groups is 1. The van der Waals surface area contributed by atoms with Gasteiger partial charge in [-0.3, -0.25) is 0 Å². The molecule has 2 nitrogen and oxygen atoms in total. The van der Waals surface area contributed by atoms with Crippen LogP contribution in [0.5, 0.6) is 0 Å². The highest BCUT2D eigenvalue weighted by molar-refractivity contribution is 8.00. The number of rotatable bonds is 5. The number of ether oxygens (including phenoxy) is 1. The van der Waals surface area contributed by atoms with E-state index in [-0.39, 0.29) is 5.97 Å². The van der Waals surface area contributed by atoms with Crippen LogP contribution >= 0.6 is 11.8 Å². The van der Waals surface area contributed by atoms with Gasteiger partial charge in [-0.25, -0.2) is 4.79 Å². The Labute approximate surface area is 119 Å². The fraction of sp³-hybridized carbons (Fsp3) is 0.688. The van der Waals surface area contributed by atoms with Gasteiger partial charge >= 0.3 is 5.97 Å². The van der Waals surface area contributed by atoms with Crippen LogP contribution in [-0.4, -0.2) is 23.1 Å². The number of hydrogen-bond acceptors (Lipinski definition) is 3. The van der Waals surface area contributed by atoms with Crippen LogP contribution in [0.4, 0.5) is 0 Å². The van der Waals surface area contributed by atoms with Gasteiger partial charge < -0.3 is 4.74 Å². The Morgan fingerprint density at radius 1 is 1.58 bits per heavy atom. The number of carbonyl (C=O) groups excluding carboxylic acids is 1. The first kappa shape index (κ1) is 13.3. The van der Waals surface area contributed by atoms with Crippen LogP contribution in [0.3, 0.4) is 0 Å². The van der Waals surface area contributed by atoms with Gasteiger partial charge in [0, 0.05) is 16.1 Å². The summed E-state index contributed by atoms with van der Waals surface area (Å²) in [6.45, 7) is 5.81. The lowest BCUT2D eigenvalue weighted by Gasteiger charge is -2.34. The van der Waals surface area contributed by atoms with E-state index in [4.69, 9.17) is 4.74 Å². The number of allylic oxidation sites excluding steroid dienone is 2. The summed E-state index contributed by atoms with van der Waals surface area (Å²) in [5.74, 6) is 3.31. The van der Waals surface area contributed by atoms with Gasteiger partial charge in [-0.15, -0.1) is 0 Å². The van der Waals surface area contributed by atoms with E-state index in [1.807, 2.05) is 11.8 Å². The monoisotopic (exact) mass is 278 g/mol. The van der Waals surface area contributed by atoms with E-state index in [9.17, 15) is 4.79 Å². The predicted octanol–water partition coefficient (Wildman–Crippen LogP) is 3.58. The Balaban J connectivity index is 1.51. The van der Waals surface area contributed by atoms with E-state index in [2.05, 4.69) is 18.7 Å². The zero-order chi connectivity index (χ0) is 13.5.